The van der Waals surface area contributed by atoms with E-state index in [4.69, 9.17) is 4.74 Å². The average molecular weight is 313 g/mol. The Morgan fingerprint density at radius 3 is 2.61 bits per heavy atom. The Bertz CT molecular complexity index is 550. The van der Waals surface area contributed by atoms with E-state index in [-0.39, 0.29) is 11.8 Å². The van der Waals surface area contributed by atoms with Crippen molar-refractivity contribution in [1.82, 2.24) is 4.90 Å². The van der Waals surface area contributed by atoms with Crippen LogP contribution >= 0.6 is 0 Å². The number of benzene rings is 1. The summed E-state index contributed by atoms with van der Waals surface area (Å²) in [7, 11) is 0. The fourth-order valence-corrected chi connectivity index (χ4v) is 4.49. The molecule has 1 saturated heterocycles. The van der Waals surface area contributed by atoms with E-state index in [1.807, 2.05) is 0 Å². The van der Waals surface area contributed by atoms with Gasteiger partial charge in [-0.1, -0.05) is 50.3 Å². The number of nitrogens with zero attached hydrogens (tertiary/aromatic N) is 1. The minimum atomic E-state index is 0.0248. The van der Waals surface area contributed by atoms with Crippen molar-refractivity contribution < 1.29 is 4.74 Å². The van der Waals surface area contributed by atoms with Gasteiger partial charge in [0.25, 0.3) is 0 Å². The van der Waals surface area contributed by atoms with Crippen molar-refractivity contribution in [1.29, 1.82) is 0 Å². The van der Waals surface area contributed by atoms with E-state index >= 15 is 0 Å². The van der Waals surface area contributed by atoms with Gasteiger partial charge in [0.05, 0.1) is 6.10 Å². The van der Waals surface area contributed by atoms with Crippen molar-refractivity contribution >= 4 is 0 Å². The van der Waals surface area contributed by atoms with E-state index in [1.54, 1.807) is 0 Å². The molecule has 1 aliphatic carbocycles. The Morgan fingerprint density at radius 2 is 1.96 bits per heavy atom. The number of hydrogen-bond acceptors (Lipinski definition) is 2. The molecule has 0 radical (unpaired) electrons. The summed E-state index contributed by atoms with van der Waals surface area (Å²) in [5, 5.41) is 0. The molecule has 4 atom stereocenters. The van der Waals surface area contributed by atoms with Gasteiger partial charge in [0.2, 0.25) is 0 Å². The topological polar surface area (TPSA) is 12.5 Å². The maximum atomic E-state index is 6.57. The Labute approximate surface area is 141 Å². The van der Waals surface area contributed by atoms with Crippen molar-refractivity contribution in [2.45, 2.75) is 71.4 Å². The molecular formula is C21H31NO. The molecule has 0 N–H and O–H groups in total. The van der Waals surface area contributed by atoms with Gasteiger partial charge < -0.3 is 4.74 Å². The predicted molar refractivity (Wildman–Crippen MR) is 96.0 cm³/mol. The highest BCUT2D eigenvalue weighted by Gasteiger charge is 2.50. The van der Waals surface area contributed by atoms with Crippen LogP contribution in [0.3, 0.4) is 0 Å². The highest BCUT2D eigenvalue weighted by Crippen LogP contribution is 2.46. The Kier molecular flexibility index (Phi) is 4.66. The second-order valence-electron chi connectivity index (χ2n) is 8.17. The maximum Gasteiger partial charge on any atom is 0.133 e. The molecule has 23 heavy (non-hydrogen) atoms. The van der Waals surface area contributed by atoms with Crippen molar-refractivity contribution in [3.8, 4) is 0 Å². The molecule has 3 rings (SSSR count). The molecule has 1 aromatic rings. The Balaban J connectivity index is 1.90. The fraction of sp³-hybridized carbons (Fsp3) is 0.619. The second-order valence-corrected chi connectivity index (χ2v) is 8.17. The van der Waals surface area contributed by atoms with Crippen molar-refractivity contribution in [3.05, 3.63) is 48.0 Å². The highest BCUT2D eigenvalue weighted by atomic mass is 16.5. The summed E-state index contributed by atoms with van der Waals surface area (Å²) in [6.45, 7) is 14.4. The van der Waals surface area contributed by atoms with Crippen LogP contribution in [-0.4, -0.2) is 22.8 Å². The van der Waals surface area contributed by atoms with Crippen LogP contribution in [0.2, 0.25) is 0 Å². The predicted octanol–water partition coefficient (Wildman–Crippen LogP) is 5.00. The van der Waals surface area contributed by atoms with E-state index in [0.717, 1.165) is 18.0 Å². The molecule has 1 saturated carbocycles. The Hall–Kier alpha value is -1.12. The first kappa shape index (κ1) is 16.7. The van der Waals surface area contributed by atoms with E-state index in [2.05, 4.69) is 69.5 Å². The molecular weight excluding hydrogens is 282 g/mol. The van der Waals surface area contributed by atoms with Gasteiger partial charge in [0.15, 0.2) is 0 Å². The van der Waals surface area contributed by atoms with Gasteiger partial charge in [-0.05, 0) is 50.7 Å². The van der Waals surface area contributed by atoms with Crippen LogP contribution < -0.4 is 0 Å². The average Bonchev–Trinajstić information content (AvgIpc) is 2.50. The molecule has 126 valence electrons. The van der Waals surface area contributed by atoms with Gasteiger partial charge in [0, 0.05) is 18.0 Å². The molecule has 2 nitrogen and oxygen atoms in total. The maximum absolute atomic E-state index is 6.57. The van der Waals surface area contributed by atoms with Crippen molar-refractivity contribution in [2.75, 3.05) is 0 Å². The molecule has 2 heteroatoms. The van der Waals surface area contributed by atoms with Crippen LogP contribution in [0.4, 0.5) is 0 Å². The minimum Gasteiger partial charge on any atom is -0.356 e. The van der Waals surface area contributed by atoms with Crippen LogP contribution in [0.5, 0.6) is 0 Å². The third kappa shape index (κ3) is 3.25. The van der Waals surface area contributed by atoms with E-state index < -0.39 is 0 Å². The van der Waals surface area contributed by atoms with Gasteiger partial charge in [-0.3, -0.25) is 4.90 Å². The summed E-state index contributed by atoms with van der Waals surface area (Å²) in [5.74, 6) is 1.39. The third-order valence-electron chi connectivity index (χ3n) is 5.91. The van der Waals surface area contributed by atoms with Crippen molar-refractivity contribution in [3.63, 3.8) is 0 Å². The molecule has 2 aliphatic rings. The lowest BCUT2D eigenvalue weighted by molar-refractivity contribution is -0.222. The summed E-state index contributed by atoms with van der Waals surface area (Å²) in [6, 6.07) is 10.7. The van der Waals surface area contributed by atoms with Crippen LogP contribution in [0.1, 0.15) is 52.5 Å². The quantitative estimate of drug-likeness (QED) is 0.728. The minimum absolute atomic E-state index is 0.0248. The molecule has 0 amide bonds. The zero-order chi connectivity index (χ0) is 16.6. The number of fused-ring (bicyclic) bond motifs is 1. The lowest BCUT2D eigenvalue weighted by Crippen LogP contribution is -2.64. The number of ether oxygens (including phenoxy) is 1. The van der Waals surface area contributed by atoms with Crippen LogP contribution in [-0.2, 0) is 11.3 Å². The zero-order valence-electron chi connectivity index (χ0n) is 15.1. The summed E-state index contributed by atoms with van der Waals surface area (Å²) >= 11 is 0. The van der Waals surface area contributed by atoms with Gasteiger partial charge in [-0.2, -0.15) is 0 Å². The van der Waals surface area contributed by atoms with Gasteiger partial charge in [0.1, 0.15) is 6.23 Å². The van der Waals surface area contributed by atoms with Crippen LogP contribution in [0.25, 0.3) is 0 Å². The largest absolute Gasteiger partial charge is 0.356 e. The third-order valence-corrected chi connectivity index (χ3v) is 5.91. The first-order valence-corrected chi connectivity index (χ1v) is 9.01. The molecule has 1 heterocycles. The fourth-order valence-electron chi connectivity index (χ4n) is 4.49. The monoisotopic (exact) mass is 313 g/mol. The normalized spacial score (nSPS) is 33.9. The first-order valence-electron chi connectivity index (χ1n) is 9.01. The van der Waals surface area contributed by atoms with Crippen molar-refractivity contribution in [2.24, 2.45) is 11.8 Å². The van der Waals surface area contributed by atoms with Crippen LogP contribution in [0, 0.1) is 11.8 Å². The molecule has 1 aliphatic heterocycles. The van der Waals surface area contributed by atoms with Gasteiger partial charge in [-0.25, -0.2) is 0 Å². The number of hydrogen-bond donors (Lipinski definition) is 0. The molecule has 0 spiro atoms. The zero-order valence-corrected chi connectivity index (χ0v) is 15.1. The first-order chi connectivity index (χ1) is 10.9. The molecule has 0 unspecified atom stereocenters. The van der Waals surface area contributed by atoms with E-state index in [0.29, 0.717) is 12.0 Å². The van der Waals surface area contributed by atoms with E-state index in [9.17, 15) is 0 Å². The summed E-state index contributed by atoms with van der Waals surface area (Å²) < 4.78 is 6.57. The summed E-state index contributed by atoms with van der Waals surface area (Å²) in [6.07, 6.45) is 4.19. The Morgan fingerprint density at radius 1 is 1.26 bits per heavy atom. The molecule has 0 aromatic heterocycles. The van der Waals surface area contributed by atoms with Gasteiger partial charge >= 0.3 is 0 Å². The highest BCUT2D eigenvalue weighted by molar-refractivity contribution is 5.17. The summed E-state index contributed by atoms with van der Waals surface area (Å²) in [5.41, 5.74) is 2.59. The molecule has 1 aromatic carbocycles. The standard InChI is InChI=1S/C21H31NO/c1-15(2)20-22(14-17-9-7-6-8-10-17)21(4,5)18-12-11-16(3)13-19(18)23-20/h6-10,16,18-20H,1,11-14H2,2-5H3/t16-,18-,19-,20+/m1/s1. The lowest BCUT2D eigenvalue weighted by Gasteiger charge is -2.57. The lowest BCUT2D eigenvalue weighted by atomic mass is 9.69. The molecule has 0 bridgehead atoms. The van der Waals surface area contributed by atoms with Gasteiger partial charge in [-0.15, -0.1) is 0 Å². The van der Waals surface area contributed by atoms with E-state index in [1.165, 1.54) is 24.8 Å². The second kappa shape index (κ2) is 6.41. The summed E-state index contributed by atoms with van der Waals surface area (Å²) in [4.78, 5) is 2.53. The van der Waals surface area contributed by atoms with Crippen LogP contribution in [0.15, 0.2) is 42.5 Å². The smallest absolute Gasteiger partial charge is 0.133 e. The SMILES string of the molecule is C=C(C)[C@@H]1O[C@@H]2C[C@H](C)CC[C@H]2C(C)(C)N1Cc1ccccc1. The number of rotatable bonds is 3. The molecule has 2 fully saturated rings.